The topological polar surface area (TPSA) is 64.3 Å². The van der Waals surface area contributed by atoms with E-state index in [1.165, 1.54) is 28.8 Å². The second kappa shape index (κ2) is 8.85. The van der Waals surface area contributed by atoms with Crippen molar-refractivity contribution in [2.45, 2.75) is 51.8 Å². The van der Waals surface area contributed by atoms with Crippen molar-refractivity contribution < 1.29 is 13.9 Å². The summed E-state index contributed by atoms with van der Waals surface area (Å²) in [5.41, 5.74) is 9.80. The van der Waals surface area contributed by atoms with Crippen molar-refractivity contribution in [3.63, 3.8) is 0 Å². The van der Waals surface area contributed by atoms with Crippen LogP contribution in [0.5, 0.6) is 5.75 Å². The van der Waals surface area contributed by atoms with Gasteiger partial charge in [0, 0.05) is 16.6 Å². The molecule has 0 aliphatic heterocycles. The van der Waals surface area contributed by atoms with E-state index in [2.05, 4.69) is 21.2 Å². The molecule has 3 N–H and O–H groups in total. The summed E-state index contributed by atoms with van der Waals surface area (Å²) >= 11 is 3.44. The van der Waals surface area contributed by atoms with Gasteiger partial charge in [0.2, 0.25) is 5.91 Å². The number of nitrogens with two attached hydrogens (primary N) is 1. The number of fused-ring (bicyclic) bond motifs is 1. The third-order valence-electron chi connectivity index (χ3n) is 5.01. The molecule has 144 valence electrons. The zero-order valence-electron chi connectivity index (χ0n) is 15.4. The maximum absolute atomic E-state index is 13.5. The van der Waals surface area contributed by atoms with E-state index < -0.39 is 0 Å². The molecule has 0 fully saturated rings. The third-order valence-corrected chi connectivity index (χ3v) is 5.78. The van der Waals surface area contributed by atoms with Crippen molar-refractivity contribution in [2.75, 3.05) is 0 Å². The number of hydrogen-bond acceptors (Lipinski definition) is 3. The standard InChI is InChI=1S/C21H24BrFN2O2/c1-13(21(24)26)25-11-14-6-9-20(18-5-3-2-4-17(14)18)27-12-15-10-16(23)7-8-19(15)22/h6-10,13,25H,2-5,11-12H2,1H3,(H2,24,26)/t13-/m0/s1. The predicted molar refractivity (Wildman–Crippen MR) is 107 cm³/mol. The molecular formula is C21H24BrFN2O2. The van der Waals surface area contributed by atoms with E-state index in [-0.39, 0.29) is 17.8 Å². The molecule has 1 atom stereocenters. The van der Waals surface area contributed by atoms with Crippen molar-refractivity contribution in [1.29, 1.82) is 0 Å². The Labute approximate surface area is 167 Å². The van der Waals surface area contributed by atoms with Gasteiger partial charge in [0.1, 0.15) is 18.2 Å². The minimum Gasteiger partial charge on any atom is -0.489 e. The van der Waals surface area contributed by atoms with E-state index in [9.17, 15) is 9.18 Å². The molecule has 1 amide bonds. The van der Waals surface area contributed by atoms with Crippen LogP contribution in [-0.2, 0) is 30.8 Å². The van der Waals surface area contributed by atoms with Crippen LogP contribution in [0.25, 0.3) is 0 Å². The Balaban J connectivity index is 1.78. The first-order valence-corrected chi connectivity index (χ1v) is 9.98. The largest absolute Gasteiger partial charge is 0.489 e. The number of carbonyl (C=O) groups is 1. The highest BCUT2D eigenvalue weighted by Crippen LogP contribution is 2.33. The maximum Gasteiger partial charge on any atom is 0.234 e. The maximum atomic E-state index is 13.5. The minimum atomic E-state index is -0.370. The average Bonchev–Trinajstić information content (AvgIpc) is 2.67. The fraction of sp³-hybridized carbons (Fsp3) is 0.381. The summed E-state index contributed by atoms with van der Waals surface area (Å²) in [6, 6.07) is 8.25. The number of amides is 1. The van der Waals surface area contributed by atoms with Crippen molar-refractivity contribution in [3.8, 4) is 5.75 Å². The van der Waals surface area contributed by atoms with Crippen molar-refractivity contribution in [2.24, 2.45) is 5.73 Å². The van der Waals surface area contributed by atoms with E-state index in [1.54, 1.807) is 13.0 Å². The summed E-state index contributed by atoms with van der Waals surface area (Å²) < 4.78 is 20.4. The van der Waals surface area contributed by atoms with E-state index in [4.69, 9.17) is 10.5 Å². The summed E-state index contributed by atoms with van der Waals surface area (Å²) in [6.07, 6.45) is 4.23. The fourth-order valence-corrected chi connectivity index (χ4v) is 3.74. The van der Waals surface area contributed by atoms with Gasteiger partial charge in [-0.3, -0.25) is 4.79 Å². The van der Waals surface area contributed by atoms with Gasteiger partial charge in [0.15, 0.2) is 0 Å². The summed E-state index contributed by atoms with van der Waals surface area (Å²) in [5.74, 6) is 0.223. The first kappa shape index (κ1) is 19.8. The summed E-state index contributed by atoms with van der Waals surface area (Å²) in [6.45, 7) is 2.67. The van der Waals surface area contributed by atoms with Crippen LogP contribution < -0.4 is 15.8 Å². The minimum absolute atomic E-state index is 0.274. The summed E-state index contributed by atoms with van der Waals surface area (Å²) in [4.78, 5) is 11.2. The average molecular weight is 435 g/mol. The number of benzene rings is 2. The van der Waals surface area contributed by atoms with Gasteiger partial charge in [-0.25, -0.2) is 4.39 Å². The predicted octanol–water partition coefficient (Wildman–Crippen LogP) is 4.01. The highest BCUT2D eigenvalue weighted by Gasteiger charge is 2.19. The second-order valence-corrected chi connectivity index (χ2v) is 7.77. The highest BCUT2D eigenvalue weighted by molar-refractivity contribution is 9.10. The molecule has 0 aromatic heterocycles. The van der Waals surface area contributed by atoms with Crippen LogP contribution in [0, 0.1) is 5.82 Å². The number of primary amides is 1. The number of hydrogen-bond donors (Lipinski definition) is 2. The van der Waals surface area contributed by atoms with Gasteiger partial charge in [-0.05, 0) is 73.6 Å². The molecule has 0 saturated carbocycles. The number of nitrogens with one attached hydrogen (secondary N) is 1. The molecule has 0 saturated heterocycles. The summed E-state index contributed by atoms with van der Waals surface area (Å²) in [7, 11) is 0. The molecular weight excluding hydrogens is 411 g/mol. The third kappa shape index (κ3) is 4.87. The Bertz CT molecular complexity index is 841. The number of rotatable bonds is 7. The fourth-order valence-electron chi connectivity index (χ4n) is 3.38. The van der Waals surface area contributed by atoms with Gasteiger partial charge >= 0.3 is 0 Å². The van der Waals surface area contributed by atoms with E-state index in [0.717, 1.165) is 41.5 Å². The lowest BCUT2D eigenvalue weighted by molar-refractivity contribution is -0.119. The molecule has 27 heavy (non-hydrogen) atoms. The quantitative estimate of drug-likeness (QED) is 0.691. The molecule has 0 heterocycles. The van der Waals surface area contributed by atoms with E-state index in [0.29, 0.717) is 13.2 Å². The monoisotopic (exact) mass is 434 g/mol. The summed E-state index contributed by atoms with van der Waals surface area (Å²) in [5, 5.41) is 3.18. The van der Waals surface area contributed by atoms with Crippen molar-refractivity contribution in [3.05, 3.63) is 62.9 Å². The van der Waals surface area contributed by atoms with Gasteiger partial charge < -0.3 is 15.8 Å². The number of carbonyl (C=O) groups excluding carboxylic acids is 1. The van der Waals surface area contributed by atoms with Crippen LogP contribution in [0.3, 0.4) is 0 Å². The Hall–Kier alpha value is -1.92. The molecule has 0 spiro atoms. The van der Waals surface area contributed by atoms with Gasteiger partial charge in [-0.1, -0.05) is 22.0 Å². The van der Waals surface area contributed by atoms with Crippen LogP contribution in [0.15, 0.2) is 34.8 Å². The lowest BCUT2D eigenvalue weighted by Gasteiger charge is -2.23. The Morgan fingerprint density at radius 3 is 2.70 bits per heavy atom. The van der Waals surface area contributed by atoms with Crippen LogP contribution in [0.1, 0.15) is 42.0 Å². The lowest BCUT2D eigenvalue weighted by Crippen LogP contribution is -2.38. The zero-order chi connectivity index (χ0) is 19.4. The van der Waals surface area contributed by atoms with Crippen LogP contribution in [0.4, 0.5) is 4.39 Å². The van der Waals surface area contributed by atoms with Gasteiger partial charge in [0.05, 0.1) is 6.04 Å². The second-order valence-electron chi connectivity index (χ2n) is 6.92. The Kier molecular flexibility index (Phi) is 6.50. The Morgan fingerprint density at radius 1 is 1.22 bits per heavy atom. The molecule has 6 heteroatoms. The number of ether oxygens (including phenoxy) is 1. The molecule has 4 nitrogen and oxygen atoms in total. The normalized spacial score (nSPS) is 14.5. The number of halogens is 2. The van der Waals surface area contributed by atoms with Gasteiger partial charge in [0.25, 0.3) is 0 Å². The Morgan fingerprint density at radius 2 is 1.96 bits per heavy atom. The van der Waals surface area contributed by atoms with E-state index >= 15 is 0 Å². The van der Waals surface area contributed by atoms with E-state index in [1.807, 2.05) is 12.1 Å². The van der Waals surface area contributed by atoms with Gasteiger partial charge in [-0.2, -0.15) is 0 Å². The molecule has 0 radical (unpaired) electrons. The molecule has 0 unspecified atom stereocenters. The first-order chi connectivity index (χ1) is 13.0. The molecule has 1 aliphatic rings. The molecule has 2 aromatic carbocycles. The smallest absolute Gasteiger partial charge is 0.234 e. The molecule has 2 aromatic rings. The van der Waals surface area contributed by atoms with Crippen LogP contribution in [-0.4, -0.2) is 11.9 Å². The molecule has 3 rings (SSSR count). The van der Waals surface area contributed by atoms with Crippen LogP contribution >= 0.6 is 15.9 Å². The first-order valence-electron chi connectivity index (χ1n) is 9.18. The molecule has 1 aliphatic carbocycles. The van der Waals surface area contributed by atoms with Crippen molar-refractivity contribution in [1.82, 2.24) is 5.32 Å². The van der Waals surface area contributed by atoms with Crippen molar-refractivity contribution >= 4 is 21.8 Å². The zero-order valence-corrected chi connectivity index (χ0v) is 16.9. The molecule has 0 bridgehead atoms. The SMILES string of the molecule is C[C@H](NCc1ccc(OCc2cc(F)ccc2Br)c2c1CCCC2)C(N)=O. The lowest BCUT2D eigenvalue weighted by atomic mass is 9.87. The van der Waals surface area contributed by atoms with Gasteiger partial charge in [-0.15, -0.1) is 0 Å². The highest BCUT2D eigenvalue weighted by atomic mass is 79.9. The van der Waals surface area contributed by atoms with Crippen LogP contribution in [0.2, 0.25) is 0 Å².